The molecular weight excluding hydrogens is 312 g/mol. The molecule has 4 aliphatic carbocycles. The fourth-order valence-electron chi connectivity index (χ4n) is 7.33. The number of ketones is 1. The van der Waals surface area contributed by atoms with Crippen molar-refractivity contribution < 1.29 is 14.6 Å². The van der Waals surface area contributed by atoms with Crippen molar-refractivity contribution in [2.24, 2.45) is 34.5 Å². The standard InChI is InChI=1S/C22H34O3/c1-4-25-13-22-14(2)11-16(23)12-15(22)5-6-17-18-7-8-20(24)21(18,3)10-9-19(17)22/h12,14,17-20,24H,4-11,13H2,1-3H3/t14?,17-,18-,19+,20?,21-,22-/m0/s1. The Morgan fingerprint density at radius 3 is 2.80 bits per heavy atom. The van der Waals surface area contributed by atoms with Crippen LogP contribution in [0.4, 0.5) is 0 Å². The van der Waals surface area contributed by atoms with Crippen molar-refractivity contribution in [3.05, 3.63) is 11.6 Å². The second kappa shape index (κ2) is 6.20. The number of aliphatic hydroxyl groups excluding tert-OH is 1. The van der Waals surface area contributed by atoms with Gasteiger partial charge < -0.3 is 9.84 Å². The minimum Gasteiger partial charge on any atom is -0.393 e. The van der Waals surface area contributed by atoms with Gasteiger partial charge in [-0.05, 0) is 80.6 Å². The number of carbonyl (C=O) groups excluding carboxylic acids is 1. The van der Waals surface area contributed by atoms with Crippen molar-refractivity contribution in [1.82, 2.24) is 0 Å². The van der Waals surface area contributed by atoms with E-state index >= 15 is 0 Å². The van der Waals surface area contributed by atoms with E-state index in [2.05, 4.69) is 20.8 Å². The summed E-state index contributed by atoms with van der Waals surface area (Å²) in [7, 11) is 0. The lowest BCUT2D eigenvalue weighted by Crippen LogP contribution is -2.56. The molecule has 4 rings (SSSR count). The molecule has 7 atom stereocenters. The molecule has 3 heteroatoms. The Morgan fingerprint density at radius 2 is 2.04 bits per heavy atom. The minimum absolute atomic E-state index is 0.0573. The molecule has 140 valence electrons. The lowest BCUT2D eigenvalue weighted by Gasteiger charge is -2.60. The maximum Gasteiger partial charge on any atom is 0.155 e. The van der Waals surface area contributed by atoms with Crippen LogP contribution in [-0.4, -0.2) is 30.2 Å². The zero-order valence-corrected chi connectivity index (χ0v) is 16.1. The summed E-state index contributed by atoms with van der Waals surface area (Å²) in [5.41, 5.74) is 1.55. The van der Waals surface area contributed by atoms with Crippen molar-refractivity contribution >= 4 is 5.78 Å². The first-order valence-electron chi connectivity index (χ1n) is 10.4. The summed E-state index contributed by atoms with van der Waals surface area (Å²) in [5, 5.41) is 10.6. The topological polar surface area (TPSA) is 46.5 Å². The highest BCUT2D eigenvalue weighted by molar-refractivity contribution is 5.92. The predicted octanol–water partition coefficient (Wildman–Crippen LogP) is 4.14. The van der Waals surface area contributed by atoms with E-state index in [9.17, 15) is 9.90 Å². The van der Waals surface area contributed by atoms with Gasteiger partial charge in [0.25, 0.3) is 0 Å². The molecule has 2 unspecified atom stereocenters. The third-order valence-corrected chi connectivity index (χ3v) is 8.66. The number of aliphatic hydroxyl groups is 1. The summed E-state index contributed by atoms with van der Waals surface area (Å²) in [6, 6.07) is 0. The van der Waals surface area contributed by atoms with Crippen LogP contribution in [0.5, 0.6) is 0 Å². The second-order valence-electron chi connectivity index (χ2n) is 9.47. The molecule has 0 spiro atoms. The van der Waals surface area contributed by atoms with E-state index in [1.807, 2.05) is 6.08 Å². The fraction of sp³-hybridized carbons (Fsp3) is 0.864. The van der Waals surface area contributed by atoms with E-state index in [1.165, 1.54) is 24.8 Å². The average molecular weight is 347 g/mol. The van der Waals surface area contributed by atoms with E-state index in [0.29, 0.717) is 35.9 Å². The van der Waals surface area contributed by atoms with E-state index in [4.69, 9.17) is 4.74 Å². The summed E-state index contributed by atoms with van der Waals surface area (Å²) in [6.07, 6.45) is 9.22. The van der Waals surface area contributed by atoms with Crippen LogP contribution in [0.3, 0.4) is 0 Å². The van der Waals surface area contributed by atoms with Crippen molar-refractivity contribution in [3.8, 4) is 0 Å². The van der Waals surface area contributed by atoms with Gasteiger partial charge in [-0.3, -0.25) is 4.79 Å². The molecule has 0 radical (unpaired) electrons. The molecule has 0 aliphatic heterocycles. The zero-order valence-electron chi connectivity index (χ0n) is 16.1. The maximum atomic E-state index is 12.2. The molecular formula is C22H34O3. The Hall–Kier alpha value is -0.670. The molecule has 0 bridgehead atoms. The quantitative estimate of drug-likeness (QED) is 0.835. The van der Waals surface area contributed by atoms with Crippen LogP contribution < -0.4 is 0 Å². The van der Waals surface area contributed by atoms with Crippen LogP contribution >= 0.6 is 0 Å². The van der Waals surface area contributed by atoms with Crippen LogP contribution in [-0.2, 0) is 9.53 Å². The summed E-state index contributed by atoms with van der Waals surface area (Å²) in [6.45, 7) is 8.21. The number of fused-ring (bicyclic) bond motifs is 5. The highest BCUT2D eigenvalue weighted by Crippen LogP contribution is 2.66. The van der Waals surface area contributed by atoms with Crippen LogP contribution in [0.25, 0.3) is 0 Å². The number of carbonyl (C=O) groups is 1. The Morgan fingerprint density at radius 1 is 1.24 bits per heavy atom. The first kappa shape index (κ1) is 17.7. The zero-order chi connectivity index (χ0) is 17.8. The van der Waals surface area contributed by atoms with Crippen LogP contribution in [0.2, 0.25) is 0 Å². The van der Waals surface area contributed by atoms with Crippen molar-refractivity contribution in [2.45, 2.75) is 71.8 Å². The van der Waals surface area contributed by atoms with Crippen LogP contribution in [0.15, 0.2) is 11.6 Å². The molecule has 0 aromatic rings. The third-order valence-electron chi connectivity index (χ3n) is 8.66. The third kappa shape index (κ3) is 2.41. The lowest BCUT2D eigenvalue weighted by atomic mass is 9.45. The Kier molecular flexibility index (Phi) is 4.39. The van der Waals surface area contributed by atoms with E-state index in [1.54, 1.807) is 0 Å². The molecule has 0 saturated heterocycles. The normalized spacial score (nSPS) is 49.2. The van der Waals surface area contributed by atoms with Gasteiger partial charge in [0.15, 0.2) is 5.78 Å². The highest BCUT2D eigenvalue weighted by Gasteiger charge is 2.61. The van der Waals surface area contributed by atoms with Gasteiger partial charge in [0.1, 0.15) is 0 Å². The van der Waals surface area contributed by atoms with Gasteiger partial charge in [-0.2, -0.15) is 0 Å². The Balaban J connectivity index is 1.73. The smallest absolute Gasteiger partial charge is 0.155 e. The van der Waals surface area contributed by atoms with Crippen LogP contribution in [0.1, 0.15) is 65.7 Å². The average Bonchev–Trinajstić information content (AvgIpc) is 2.88. The molecule has 1 N–H and O–H groups in total. The van der Waals surface area contributed by atoms with Crippen LogP contribution in [0, 0.1) is 34.5 Å². The van der Waals surface area contributed by atoms with E-state index in [0.717, 1.165) is 32.5 Å². The van der Waals surface area contributed by atoms with Gasteiger partial charge in [-0.1, -0.05) is 19.4 Å². The fourth-order valence-corrected chi connectivity index (χ4v) is 7.33. The molecule has 0 heterocycles. The largest absolute Gasteiger partial charge is 0.393 e. The molecule has 3 nitrogen and oxygen atoms in total. The first-order chi connectivity index (χ1) is 11.9. The minimum atomic E-state index is -0.122. The first-order valence-corrected chi connectivity index (χ1v) is 10.4. The Labute approximate surface area is 152 Å². The molecule has 3 saturated carbocycles. The molecule has 0 amide bonds. The van der Waals surface area contributed by atoms with Gasteiger partial charge >= 0.3 is 0 Å². The molecule has 0 aromatic heterocycles. The van der Waals surface area contributed by atoms with Gasteiger partial charge in [0.05, 0.1) is 12.7 Å². The number of hydrogen-bond donors (Lipinski definition) is 1. The maximum absolute atomic E-state index is 12.2. The number of hydrogen-bond acceptors (Lipinski definition) is 3. The van der Waals surface area contributed by atoms with E-state index in [-0.39, 0.29) is 16.9 Å². The highest BCUT2D eigenvalue weighted by atomic mass is 16.5. The monoisotopic (exact) mass is 346 g/mol. The Bertz CT molecular complexity index is 582. The summed E-state index contributed by atoms with van der Waals surface area (Å²) in [4.78, 5) is 12.2. The molecule has 25 heavy (non-hydrogen) atoms. The van der Waals surface area contributed by atoms with Gasteiger partial charge in [0, 0.05) is 18.4 Å². The van der Waals surface area contributed by atoms with Gasteiger partial charge in [-0.25, -0.2) is 0 Å². The van der Waals surface area contributed by atoms with Crippen molar-refractivity contribution in [1.29, 1.82) is 0 Å². The summed E-state index contributed by atoms with van der Waals surface area (Å²) < 4.78 is 6.04. The van der Waals surface area contributed by atoms with Crippen molar-refractivity contribution in [3.63, 3.8) is 0 Å². The molecule has 0 aromatic carbocycles. The number of rotatable bonds is 3. The lowest BCUT2D eigenvalue weighted by molar-refractivity contribution is -0.129. The summed E-state index contributed by atoms with van der Waals surface area (Å²) >= 11 is 0. The molecule has 4 aliphatic rings. The van der Waals surface area contributed by atoms with E-state index < -0.39 is 0 Å². The van der Waals surface area contributed by atoms with Gasteiger partial charge in [-0.15, -0.1) is 0 Å². The van der Waals surface area contributed by atoms with Gasteiger partial charge in [0.2, 0.25) is 0 Å². The second-order valence-corrected chi connectivity index (χ2v) is 9.47. The predicted molar refractivity (Wildman–Crippen MR) is 98.1 cm³/mol. The summed E-state index contributed by atoms with van der Waals surface area (Å²) in [5.74, 6) is 2.63. The van der Waals surface area contributed by atoms with Crippen molar-refractivity contribution in [2.75, 3.05) is 13.2 Å². The SMILES string of the molecule is CCOC[C@@]12C(=CC(=O)CC1C)CC[C@@H]1[C@H]2CC[C@]2(C)C(O)CC[C@@H]12. The number of ether oxygens (including phenoxy) is 1. The molecule has 3 fully saturated rings.